The van der Waals surface area contributed by atoms with Gasteiger partial charge < -0.3 is 25.0 Å². The van der Waals surface area contributed by atoms with Gasteiger partial charge in [0, 0.05) is 25.2 Å². The molecule has 37 heavy (non-hydrogen) atoms. The number of hydrogen-bond acceptors (Lipinski definition) is 7. The number of hydrogen-bond donors (Lipinski definition) is 2. The summed E-state index contributed by atoms with van der Waals surface area (Å²) in [4.78, 5) is 34.1. The van der Waals surface area contributed by atoms with E-state index in [1.807, 2.05) is 0 Å². The maximum absolute atomic E-state index is 14.2. The summed E-state index contributed by atoms with van der Waals surface area (Å²) in [5, 5.41) is 5.16. The van der Waals surface area contributed by atoms with E-state index in [1.54, 1.807) is 20.8 Å². The lowest BCUT2D eigenvalue weighted by atomic mass is 9.98. The molecule has 202 valence electrons. The highest BCUT2D eigenvalue weighted by atomic mass is 19.4. The molecule has 2 amide bonds. The van der Waals surface area contributed by atoms with Gasteiger partial charge in [-0.3, -0.25) is 4.79 Å². The molecule has 0 bridgehead atoms. The number of nitrogens with zero attached hydrogens (tertiary/aromatic N) is 3. The third-order valence-corrected chi connectivity index (χ3v) is 5.02. The minimum absolute atomic E-state index is 0.0368. The van der Waals surface area contributed by atoms with Crippen LogP contribution in [0.15, 0.2) is 36.5 Å². The normalized spacial score (nSPS) is 17.6. The second-order valence-electron chi connectivity index (χ2n) is 9.32. The molecule has 2 aromatic rings. The Morgan fingerprint density at radius 1 is 1.16 bits per heavy atom. The first-order chi connectivity index (χ1) is 17.1. The van der Waals surface area contributed by atoms with Crippen molar-refractivity contribution < 1.29 is 41.0 Å². The Labute approximate surface area is 209 Å². The highest BCUT2D eigenvalue weighted by Gasteiger charge is 2.42. The molecule has 3 rings (SSSR count). The number of likely N-dealkylation sites (tertiary alicyclic amines) is 1. The maximum atomic E-state index is 14.2. The highest BCUT2D eigenvalue weighted by Crippen LogP contribution is 2.31. The summed E-state index contributed by atoms with van der Waals surface area (Å²) in [6.45, 7) is 4.04. The molecule has 0 radical (unpaired) electrons. The first-order valence-electron chi connectivity index (χ1n) is 11.2. The Morgan fingerprint density at radius 2 is 1.89 bits per heavy atom. The van der Waals surface area contributed by atoms with Crippen molar-refractivity contribution in [3.8, 4) is 5.75 Å². The van der Waals surface area contributed by atoms with Gasteiger partial charge in [0.2, 0.25) is 0 Å². The van der Waals surface area contributed by atoms with E-state index in [0.29, 0.717) is 0 Å². The van der Waals surface area contributed by atoms with Gasteiger partial charge in [-0.25, -0.2) is 23.5 Å². The van der Waals surface area contributed by atoms with Crippen molar-refractivity contribution in [1.82, 2.24) is 20.2 Å². The fourth-order valence-electron chi connectivity index (χ4n) is 3.53. The third kappa shape index (κ3) is 8.72. The number of carbonyl (C=O) groups excluding carboxylic acids is 2. The number of anilines is 2. The molecular formula is C23H26F5N5O4. The molecule has 0 unspecified atom stereocenters. The van der Waals surface area contributed by atoms with Crippen molar-refractivity contribution >= 4 is 23.6 Å². The molecule has 1 aliphatic heterocycles. The second kappa shape index (κ2) is 10.7. The number of aromatic nitrogens is 2. The Balaban J connectivity index is 1.74. The van der Waals surface area contributed by atoms with Crippen LogP contribution in [0.3, 0.4) is 0 Å². The van der Waals surface area contributed by atoms with Crippen LogP contribution in [0.2, 0.25) is 0 Å². The molecular weight excluding hydrogens is 505 g/mol. The van der Waals surface area contributed by atoms with E-state index in [-0.39, 0.29) is 30.3 Å². The van der Waals surface area contributed by atoms with Crippen LogP contribution < -0.4 is 15.4 Å². The van der Waals surface area contributed by atoms with Crippen LogP contribution >= 0.6 is 0 Å². The number of ether oxygens (including phenoxy) is 2. The number of amides is 2. The standard InChI is InChI=1S/C23H26F5N5O4/c1-21(2,3)37-20(35)30-12-14-7-9-22(24,25)13-33(14)19(34)16-5-4-6-17(31-16)32-18-11-15(8-10-29-18)36-23(26,27)28/h4-6,8,10-11,14H,7,9,12-13H2,1-3H3,(H,30,35)(H,29,31,32)/t14-/m1/s1. The van der Waals surface area contributed by atoms with Gasteiger partial charge in [0.05, 0.1) is 12.6 Å². The molecule has 0 aliphatic carbocycles. The molecule has 1 aliphatic rings. The number of piperidine rings is 1. The van der Waals surface area contributed by atoms with E-state index in [4.69, 9.17) is 4.74 Å². The Hall–Kier alpha value is -3.71. The van der Waals surface area contributed by atoms with Crippen molar-refractivity contribution in [2.45, 2.75) is 57.5 Å². The van der Waals surface area contributed by atoms with Gasteiger partial charge in [-0.1, -0.05) is 6.07 Å². The van der Waals surface area contributed by atoms with E-state index in [2.05, 4.69) is 25.3 Å². The van der Waals surface area contributed by atoms with Crippen molar-refractivity contribution in [1.29, 1.82) is 0 Å². The molecule has 0 aromatic carbocycles. The number of halogens is 5. The Bertz CT molecular complexity index is 1120. The van der Waals surface area contributed by atoms with E-state index in [0.717, 1.165) is 23.2 Å². The lowest BCUT2D eigenvalue weighted by Crippen LogP contribution is -2.55. The average molecular weight is 531 g/mol. The van der Waals surface area contributed by atoms with Gasteiger partial charge in [0.25, 0.3) is 11.8 Å². The molecule has 0 spiro atoms. The van der Waals surface area contributed by atoms with Crippen LogP contribution in [0.1, 0.15) is 44.1 Å². The van der Waals surface area contributed by atoms with Crippen molar-refractivity contribution in [2.24, 2.45) is 0 Å². The summed E-state index contributed by atoms with van der Waals surface area (Å²) in [6, 6.07) is 5.41. The number of alkyl halides is 5. The molecule has 2 N–H and O–H groups in total. The van der Waals surface area contributed by atoms with Crippen LogP contribution in [-0.4, -0.2) is 63.9 Å². The zero-order valence-corrected chi connectivity index (χ0v) is 20.2. The fourth-order valence-corrected chi connectivity index (χ4v) is 3.53. The van der Waals surface area contributed by atoms with Crippen LogP contribution in [0.25, 0.3) is 0 Å². The molecule has 1 atom stereocenters. The molecule has 1 saturated heterocycles. The van der Waals surface area contributed by atoms with Gasteiger partial charge in [-0.2, -0.15) is 0 Å². The van der Waals surface area contributed by atoms with Crippen molar-refractivity contribution in [3.05, 3.63) is 42.2 Å². The highest BCUT2D eigenvalue weighted by molar-refractivity contribution is 5.93. The fraction of sp³-hybridized carbons (Fsp3) is 0.478. The van der Waals surface area contributed by atoms with E-state index >= 15 is 0 Å². The maximum Gasteiger partial charge on any atom is 0.573 e. The number of pyridine rings is 2. The number of carbonyl (C=O) groups is 2. The summed E-state index contributed by atoms with van der Waals surface area (Å²) in [5.74, 6) is -4.47. The van der Waals surface area contributed by atoms with E-state index in [9.17, 15) is 31.5 Å². The van der Waals surface area contributed by atoms with E-state index < -0.39 is 54.6 Å². The Kier molecular flexibility index (Phi) is 8.08. The van der Waals surface area contributed by atoms with Crippen LogP contribution in [0, 0.1) is 0 Å². The van der Waals surface area contributed by atoms with E-state index in [1.165, 1.54) is 18.2 Å². The predicted molar refractivity (Wildman–Crippen MR) is 122 cm³/mol. The number of alkyl carbamates (subject to hydrolysis) is 1. The van der Waals surface area contributed by atoms with Gasteiger partial charge >= 0.3 is 12.5 Å². The topological polar surface area (TPSA) is 106 Å². The van der Waals surface area contributed by atoms with Crippen molar-refractivity contribution in [3.63, 3.8) is 0 Å². The lowest BCUT2D eigenvalue weighted by molar-refractivity contribution is -0.274. The summed E-state index contributed by atoms with van der Waals surface area (Å²) in [5.41, 5.74) is -0.947. The minimum Gasteiger partial charge on any atom is -0.444 e. The van der Waals surface area contributed by atoms with Gasteiger partial charge in [-0.15, -0.1) is 13.2 Å². The lowest BCUT2D eigenvalue weighted by Gasteiger charge is -2.39. The summed E-state index contributed by atoms with van der Waals surface area (Å²) >= 11 is 0. The van der Waals surface area contributed by atoms with Gasteiger partial charge in [-0.05, 0) is 45.4 Å². The summed E-state index contributed by atoms with van der Waals surface area (Å²) in [7, 11) is 0. The SMILES string of the molecule is CC(C)(C)OC(=O)NC[C@H]1CCC(F)(F)CN1C(=O)c1cccc(Nc2cc(OC(F)(F)F)ccn2)n1. The van der Waals surface area contributed by atoms with Gasteiger partial charge in [0.1, 0.15) is 28.7 Å². The molecule has 3 heterocycles. The quantitative estimate of drug-likeness (QED) is 0.512. The van der Waals surface area contributed by atoms with Gasteiger partial charge in [0.15, 0.2) is 0 Å². The molecule has 1 fully saturated rings. The predicted octanol–water partition coefficient (Wildman–Crippen LogP) is 4.88. The molecule has 2 aromatic heterocycles. The molecule has 0 saturated carbocycles. The largest absolute Gasteiger partial charge is 0.573 e. The summed E-state index contributed by atoms with van der Waals surface area (Å²) < 4.78 is 74.8. The zero-order chi connectivity index (χ0) is 27.4. The average Bonchev–Trinajstić information content (AvgIpc) is 2.75. The molecule has 9 nitrogen and oxygen atoms in total. The molecule has 14 heteroatoms. The first-order valence-corrected chi connectivity index (χ1v) is 11.2. The first kappa shape index (κ1) is 27.9. The number of rotatable bonds is 6. The van der Waals surface area contributed by atoms with Crippen LogP contribution in [0.4, 0.5) is 38.4 Å². The number of nitrogens with one attached hydrogen (secondary N) is 2. The third-order valence-electron chi connectivity index (χ3n) is 5.02. The second-order valence-corrected chi connectivity index (χ2v) is 9.32. The zero-order valence-electron chi connectivity index (χ0n) is 20.2. The summed E-state index contributed by atoms with van der Waals surface area (Å²) in [6.07, 6.45) is -5.09. The van der Waals surface area contributed by atoms with Crippen LogP contribution in [-0.2, 0) is 4.74 Å². The Morgan fingerprint density at radius 3 is 2.57 bits per heavy atom. The minimum atomic E-state index is -4.89. The smallest absolute Gasteiger partial charge is 0.444 e. The monoisotopic (exact) mass is 531 g/mol. The van der Waals surface area contributed by atoms with Crippen molar-refractivity contribution in [2.75, 3.05) is 18.4 Å². The van der Waals surface area contributed by atoms with Crippen LogP contribution in [0.5, 0.6) is 5.75 Å².